The molecular formula is C26H25ClN6O. The first-order valence-corrected chi connectivity index (χ1v) is 11.5. The number of hydrogen-bond acceptors (Lipinski definition) is 5. The Labute approximate surface area is 203 Å². The van der Waals surface area contributed by atoms with E-state index in [0.717, 1.165) is 39.1 Å². The highest BCUT2D eigenvalue weighted by Crippen LogP contribution is 2.31. The number of carbonyl (C=O) groups excluding carboxylic acids is 1. The van der Waals surface area contributed by atoms with E-state index in [0.29, 0.717) is 31.2 Å². The summed E-state index contributed by atoms with van der Waals surface area (Å²) in [6.45, 7) is 4.47. The molecule has 1 fully saturated rings. The summed E-state index contributed by atoms with van der Waals surface area (Å²) in [5, 5.41) is 4.62. The fourth-order valence-electron chi connectivity index (χ4n) is 4.24. The molecule has 0 spiro atoms. The molecule has 172 valence electrons. The van der Waals surface area contributed by atoms with Gasteiger partial charge in [-0.25, -0.2) is 9.78 Å². The molecule has 8 heteroatoms. The zero-order valence-electron chi connectivity index (χ0n) is 18.8. The Hall–Kier alpha value is -3.84. The molecule has 0 aliphatic carbocycles. The molecule has 0 saturated carbocycles. The molecule has 0 bridgehead atoms. The van der Waals surface area contributed by atoms with Crippen molar-refractivity contribution in [3.05, 3.63) is 77.3 Å². The van der Waals surface area contributed by atoms with Gasteiger partial charge in [0.25, 0.3) is 0 Å². The lowest BCUT2D eigenvalue weighted by Crippen LogP contribution is -2.50. The summed E-state index contributed by atoms with van der Waals surface area (Å²) >= 11 is 6.05. The maximum absolute atomic E-state index is 12.8. The van der Waals surface area contributed by atoms with E-state index in [-0.39, 0.29) is 12.0 Å². The van der Waals surface area contributed by atoms with Crippen molar-refractivity contribution in [1.29, 1.82) is 0 Å². The van der Waals surface area contributed by atoms with Gasteiger partial charge >= 0.3 is 6.03 Å². The molecule has 1 saturated heterocycles. The summed E-state index contributed by atoms with van der Waals surface area (Å²) in [7, 11) is 0. The number of nitrogens with zero attached hydrogens (tertiary/aromatic N) is 4. The minimum absolute atomic E-state index is 0.0951. The normalized spacial score (nSPS) is 13.8. The number of aryl methyl sites for hydroxylation is 1. The largest absolute Gasteiger partial charge is 0.368 e. The quantitative estimate of drug-likeness (QED) is 0.428. The predicted octanol–water partition coefficient (Wildman–Crippen LogP) is 5.19. The van der Waals surface area contributed by atoms with Crippen LogP contribution in [0.5, 0.6) is 0 Å². The molecule has 4 aromatic rings. The number of halogens is 1. The molecule has 5 rings (SSSR count). The summed E-state index contributed by atoms with van der Waals surface area (Å²) in [5.41, 5.74) is 10.8. The van der Waals surface area contributed by atoms with E-state index < -0.39 is 0 Å². The zero-order valence-corrected chi connectivity index (χ0v) is 19.6. The maximum atomic E-state index is 12.8. The molecule has 1 aromatic heterocycles. The third-order valence-corrected chi connectivity index (χ3v) is 6.26. The average molecular weight is 473 g/mol. The molecule has 34 heavy (non-hydrogen) atoms. The Bertz CT molecular complexity index is 1350. The van der Waals surface area contributed by atoms with Crippen LogP contribution in [0, 0.1) is 6.92 Å². The molecular weight excluding hydrogens is 448 g/mol. The minimum Gasteiger partial charge on any atom is -0.368 e. The van der Waals surface area contributed by atoms with Gasteiger partial charge in [0, 0.05) is 42.3 Å². The molecule has 1 aliphatic rings. The van der Waals surface area contributed by atoms with Crippen molar-refractivity contribution < 1.29 is 4.79 Å². The molecule has 3 N–H and O–H groups in total. The first-order chi connectivity index (χ1) is 16.5. The van der Waals surface area contributed by atoms with Crippen LogP contribution in [0.25, 0.3) is 22.0 Å². The minimum atomic E-state index is -0.0951. The first kappa shape index (κ1) is 22.0. The van der Waals surface area contributed by atoms with Crippen LogP contribution in [0.15, 0.2) is 66.7 Å². The summed E-state index contributed by atoms with van der Waals surface area (Å²) < 4.78 is 0. The Morgan fingerprint density at radius 2 is 1.68 bits per heavy atom. The Balaban J connectivity index is 1.36. The molecule has 3 aromatic carbocycles. The SMILES string of the molecule is Cc1cccc(NC(=O)N2CCN(c3nc(N)nc4ccc(-c5ccc(Cl)cc5)cc34)CC2)c1. The van der Waals surface area contributed by atoms with Crippen LogP contribution in [-0.2, 0) is 0 Å². The Morgan fingerprint density at radius 3 is 2.41 bits per heavy atom. The number of aromatic nitrogens is 2. The number of urea groups is 1. The predicted molar refractivity (Wildman–Crippen MR) is 138 cm³/mol. The average Bonchev–Trinajstić information content (AvgIpc) is 2.84. The highest BCUT2D eigenvalue weighted by atomic mass is 35.5. The monoisotopic (exact) mass is 472 g/mol. The van der Waals surface area contributed by atoms with Crippen LogP contribution < -0.4 is 16.0 Å². The molecule has 2 heterocycles. The fourth-order valence-corrected chi connectivity index (χ4v) is 4.37. The van der Waals surface area contributed by atoms with E-state index in [1.165, 1.54) is 0 Å². The number of nitrogens with two attached hydrogens (primary N) is 1. The third-order valence-electron chi connectivity index (χ3n) is 6.01. The van der Waals surface area contributed by atoms with Gasteiger partial charge in [-0.15, -0.1) is 0 Å². The third kappa shape index (κ3) is 4.61. The molecule has 2 amide bonds. The lowest BCUT2D eigenvalue weighted by atomic mass is 10.0. The molecule has 0 unspecified atom stereocenters. The van der Waals surface area contributed by atoms with Gasteiger partial charge in [0.2, 0.25) is 5.95 Å². The number of anilines is 3. The van der Waals surface area contributed by atoms with Gasteiger partial charge in [-0.05, 0) is 60.0 Å². The number of piperazine rings is 1. The van der Waals surface area contributed by atoms with E-state index in [1.54, 1.807) is 0 Å². The lowest BCUT2D eigenvalue weighted by Gasteiger charge is -2.35. The highest BCUT2D eigenvalue weighted by molar-refractivity contribution is 6.30. The van der Waals surface area contributed by atoms with Crippen molar-refractivity contribution >= 4 is 46.0 Å². The topological polar surface area (TPSA) is 87.4 Å². The van der Waals surface area contributed by atoms with Crippen molar-refractivity contribution in [3.63, 3.8) is 0 Å². The van der Waals surface area contributed by atoms with Crippen LogP contribution in [0.4, 0.5) is 22.2 Å². The highest BCUT2D eigenvalue weighted by Gasteiger charge is 2.24. The lowest BCUT2D eigenvalue weighted by molar-refractivity contribution is 0.208. The first-order valence-electron chi connectivity index (χ1n) is 11.2. The Morgan fingerprint density at radius 1 is 0.941 bits per heavy atom. The Kier molecular flexibility index (Phi) is 5.94. The number of nitrogens with one attached hydrogen (secondary N) is 1. The van der Waals surface area contributed by atoms with Crippen molar-refractivity contribution in [2.24, 2.45) is 0 Å². The molecule has 7 nitrogen and oxygen atoms in total. The van der Waals surface area contributed by atoms with Crippen molar-refractivity contribution in [1.82, 2.24) is 14.9 Å². The van der Waals surface area contributed by atoms with Crippen LogP contribution in [-0.4, -0.2) is 47.1 Å². The van der Waals surface area contributed by atoms with Gasteiger partial charge < -0.3 is 20.9 Å². The molecule has 1 aliphatic heterocycles. The summed E-state index contributed by atoms with van der Waals surface area (Å²) in [4.78, 5) is 25.7. The molecule has 0 radical (unpaired) electrons. The second-order valence-electron chi connectivity index (χ2n) is 8.42. The second kappa shape index (κ2) is 9.19. The van der Waals surface area contributed by atoms with Crippen LogP contribution >= 0.6 is 11.6 Å². The second-order valence-corrected chi connectivity index (χ2v) is 8.85. The molecule has 0 atom stereocenters. The summed E-state index contributed by atoms with van der Waals surface area (Å²) in [5.74, 6) is 1.03. The zero-order chi connectivity index (χ0) is 23.7. The number of rotatable bonds is 3. The van der Waals surface area contributed by atoms with E-state index in [9.17, 15) is 4.79 Å². The van der Waals surface area contributed by atoms with Gasteiger partial charge in [0.1, 0.15) is 5.82 Å². The van der Waals surface area contributed by atoms with Crippen LogP contribution in [0.3, 0.4) is 0 Å². The number of carbonyl (C=O) groups is 1. The van der Waals surface area contributed by atoms with Gasteiger partial charge in [-0.2, -0.15) is 4.98 Å². The van der Waals surface area contributed by atoms with Crippen molar-refractivity contribution in [2.75, 3.05) is 42.1 Å². The number of hydrogen-bond donors (Lipinski definition) is 2. The standard InChI is InChI=1S/C26H25ClN6O/c1-17-3-2-4-21(15-17)29-26(34)33-13-11-32(12-14-33)24-22-16-19(18-5-8-20(27)9-6-18)7-10-23(22)30-25(28)31-24/h2-10,15-16H,11-14H2,1H3,(H,29,34)(H2,28,30,31). The summed E-state index contributed by atoms with van der Waals surface area (Å²) in [6.07, 6.45) is 0. The van der Waals surface area contributed by atoms with Gasteiger partial charge in [0.05, 0.1) is 5.52 Å². The van der Waals surface area contributed by atoms with Crippen molar-refractivity contribution in [3.8, 4) is 11.1 Å². The summed E-state index contributed by atoms with van der Waals surface area (Å²) in [6, 6.07) is 21.5. The fraction of sp³-hybridized carbons (Fsp3) is 0.192. The smallest absolute Gasteiger partial charge is 0.321 e. The van der Waals surface area contributed by atoms with Gasteiger partial charge in [0.15, 0.2) is 0 Å². The van der Waals surface area contributed by atoms with E-state index >= 15 is 0 Å². The van der Waals surface area contributed by atoms with E-state index in [2.05, 4.69) is 26.3 Å². The van der Waals surface area contributed by atoms with Gasteiger partial charge in [-0.1, -0.05) is 41.9 Å². The van der Waals surface area contributed by atoms with Crippen LogP contribution in [0.1, 0.15) is 5.56 Å². The maximum Gasteiger partial charge on any atom is 0.321 e. The van der Waals surface area contributed by atoms with E-state index in [1.807, 2.05) is 72.5 Å². The number of amides is 2. The number of benzene rings is 3. The van der Waals surface area contributed by atoms with Crippen LogP contribution in [0.2, 0.25) is 5.02 Å². The van der Waals surface area contributed by atoms with E-state index in [4.69, 9.17) is 17.3 Å². The number of fused-ring (bicyclic) bond motifs is 1. The van der Waals surface area contributed by atoms with Crippen molar-refractivity contribution in [2.45, 2.75) is 6.92 Å². The number of nitrogen functional groups attached to an aromatic ring is 1. The van der Waals surface area contributed by atoms with Gasteiger partial charge in [-0.3, -0.25) is 0 Å².